The number of nitrogens with one attached hydrogen (secondary N) is 1. The first kappa shape index (κ1) is 19.2. The van der Waals surface area contributed by atoms with Crippen LogP contribution < -0.4 is 5.32 Å². The summed E-state index contributed by atoms with van der Waals surface area (Å²) in [5, 5.41) is 7.79. The molecule has 1 amide bonds. The van der Waals surface area contributed by atoms with Crippen LogP contribution in [0.4, 0.5) is 0 Å². The molecule has 1 fully saturated rings. The Kier molecular flexibility index (Phi) is 5.58. The van der Waals surface area contributed by atoms with Crippen LogP contribution in [0.15, 0.2) is 12.1 Å². The van der Waals surface area contributed by atoms with Crippen LogP contribution in [0.1, 0.15) is 72.2 Å². The molecule has 6 nitrogen and oxygen atoms in total. The van der Waals surface area contributed by atoms with E-state index >= 15 is 0 Å². The van der Waals surface area contributed by atoms with Gasteiger partial charge in [-0.2, -0.15) is 5.10 Å². The topological polar surface area (TPSA) is 55.1 Å². The molecular formula is C22H33N5O. The number of aromatic nitrogens is 3. The Morgan fingerprint density at radius 1 is 1.18 bits per heavy atom. The summed E-state index contributed by atoms with van der Waals surface area (Å²) in [6.45, 7) is 10.6. The second kappa shape index (κ2) is 8.11. The minimum atomic E-state index is -0.0115. The lowest BCUT2D eigenvalue weighted by molar-refractivity contribution is 0.0949. The first-order valence-corrected chi connectivity index (χ1v) is 10.8. The Labute approximate surface area is 167 Å². The quantitative estimate of drug-likeness (QED) is 0.861. The first-order chi connectivity index (χ1) is 13.6. The largest absolute Gasteiger partial charge is 0.349 e. The molecule has 6 heteroatoms. The predicted octanol–water partition coefficient (Wildman–Crippen LogP) is 3.40. The standard InChI is InChI=1S/C22H33N5O/c1-4-26-16(2)12-21(17(26)3)22(28)23-14-18-13-20-15-25(10-11-27(20)24-18)19-8-6-5-7-9-19/h12-13,19H,4-11,14-15H2,1-3H3,(H,23,28). The molecule has 0 radical (unpaired) electrons. The van der Waals surface area contributed by atoms with Crippen molar-refractivity contribution in [1.29, 1.82) is 0 Å². The van der Waals surface area contributed by atoms with Crippen molar-refractivity contribution in [3.63, 3.8) is 0 Å². The maximum Gasteiger partial charge on any atom is 0.253 e. The molecule has 0 unspecified atom stereocenters. The average molecular weight is 384 g/mol. The number of nitrogens with zero attached hydrogens (tertiary/aromatic N) is 4. The molecule has 1 N–H and O–H groups in total. The number of carbonyl (C=O) groups is 1. The van der Waals surface area contributed by atoms with E-state index in [2.05, 4.69) is 39.4 Å². The van der Waals surface area contributed by atoms with Gasteiger partial charge in [0.1, 0.15) is 0 Å². The highest BCUT2D eigenvalue weighted by molar-refractivity contribution is 5.95. The van der Waals surface area contributed by atoms with E-state index in [9.17, 15) is 4.79 Å². The minimum absolute atomic E-state index is 0.0115. The van der Waals surface area contributed by atoms with E-state index in [-0.39, 0.29) is 5.91 Å². The Morgan fingerprint density at radius 3 is 2.68 bits per heavy atom. The Balaban J connectivity index is 1.38. The molecule has 0 spiro atoms. The summed E-state index contributed by atoms with van der Waals surface area (Å²) in [4.78, 5) is 15.3. The number of amides is 1. The number of carbonyl (C=O) groups excluding carboxylic acids is 1. The van der Waals surface area contributed by atoms with Crippen LogP contribution in [0.25, 0.3) is 0 Å². The van der Waals surface area contributed by atoms with Gasteiger partial charge in [0.05, 0.1) is 30.0 Å². The van der Waals surface area contributed by atoms with Crippen molar-refractivity contribution in [2.24, 2.45) is 0 Å². The number of rotatable bonds is 5. The second-order valence-corrected chi connectivity index (χ2v) is 8.32. The smallest absolute Gasteiger partial charge is 0.253 e. The van der Waals surface area contributed by atoms with Gasteiger partial charge >= 0.3 is 0 Å². The van der Waals surface area contributed by atoms with E-state index in [1.165, 1.54) is 37.8 Å². The molecular weight excluding hydrogens is 350 g/mol. The molecule has 3 heterocycles. The summed E-state index contributed by atoms with van der Waals surface area (Å²) < 4.78 is 4.30. The van der Waals surface area contributed by atoms with Crippen LogP contribution in [0.3, 0.4) is 0 Å². The van der Waals surface area contributed by atoms with Crippen LogP contribution in [-0.2, 0) is 26.2 Å². The van der Waals surface area contributed by atoms with E-state index in [1.54, 1.807) is 0 Å². The summed E-state index contributed by atoms with van der Waals surface area (Å²) in [7, 11) is 0. The van der Waals surface area contributed by atoms with Crippen molar-refractivity contribution in [2.75, 3.05) is 6.54 Å². The van der Waals surface area contributed by atoms with Crippen LogP contribution in [-0.4, -0.2) is 37.7 Å². The maximum atomic E-state index is 12.7. The molecule has 0 aromatic carbocycles. The third kappa shape index (κ3) is 3.75. The molecule has 2 aromatic rings. The predicted molar refractivity (Wildman–Crippen MR) is 110 cm³/mol. The van der Waals surface area contributed by atoms with E-state index in [4.69, 9.17) is 5.10 Å². The summed E-state index contributed by atoms with van der Waals surface area (Å²) in [5.74, 6) is -0.0115. The Morgan fingerprint density at radius 2 is 1.96 bits per heavy atom. The summed E-state index contributed by atoms with van der Waals surface area (Å²) in [5.41, 5.74) is 5.17. The third-order valence-corrected chi connectivity index (χ3v) is 6.53. The molecule has 0 atom stereocenters. The van der Waals surface area contributed by atoms with Gasteiger partial charge in [-0.3, -0.25) is 14.4 Å². The van der Waals surface area contributed by atoms with Crippen LogP contribution in [0.5, 0.6) is 0 Å². The lowest BCUT2D eigenvalue weighted by Crippen LogP contribution is -2.42. The number of hydrogen-bond donors (Lipinski definition) is 1. The van der Waals surface area contributed by atoms with Crippen LogP contribution in [0, 0.1) is 13.8 Å². The van der Waals surface area contributed by atoms with E-state index in [0.717, 1.165) is 54.9 Å². The summed E-state index contributed by atoms with van der Waals surface area (Å²) in [6.07, 6.45) is 6.82. The zero-order valence-electron chi connectivity index (χ0n) is 17.5. The molecule has 28 heavy (non-hydrogen) atoms. The molecule has 1 aliphatic carbocycles. The zero-order valence-corrected chi connectivity index (χ0v) is 17.5. The third-order valence-electron chi connectivity index (χ3n) is 6.53. The molecule has 1 saturated carbocycles. The maximum absolute atomic E-state index is 12.7. The molecule has 1 aliphatic heterocycles. The van der Waals surface area contributed by atoms with Crippen molar-refractivity contribution in [2.45, 2.75) is 85.1 Å². The van der Waals surface area contributed by atoms with Gasteiger partial charge in [0.25, 0.3) is 5.91 Å². The van der Waals surface area contributed by atoms with Crippen LogP contribution >= 0.6 is 0 Å². The fourth-order valence-electron chi connectivity index (χ4n) is 4.97. The molecule has 4 rings (SSSR count). The Bertz CT molecular complexity index is 843. The minimum Gasteiger partial charge on any atom is -0.349 e. The molecule has 2 aromatic heterocycles. The van der Waals surface area contributed by atoms with Gasteiger partial charge in [0, 0.05) is 37.1 Å². The highest BCUT2D eigenvalue weighted by Gasteiger charge is 2.26. The number of aryl methyl sites for hydroxylation is 1. The van der Waals surface area contributed by atoms with Gasteiger partial charge in [0.2, 0.25) is 0 Å². The first-order valence-electron chi connectivity index (χ1n) is 10.8. The van der Waals surface area contributed by atoms with E-state index < -0.39 is 0 Å². The lowest BCUT2D eigenvalue weighted by Gasteiger charge is -2.36. The van der Waals surface area contributed by atoms with Crippen molar-refractivity contribution < 1.29 is 4.79 Å². The average Bonchev–Trinajstić information content (AvgIpc) is 3.25. The molecule has 152 valence electrons. The van der Waals surface area contributed by atoms with Crippen molar-refractivity contribution in [3.8, 4) is 0 Å². The normalized spacial score (nSPS) is 18.2. The van der Waals surface area contributed by atoms with Crippen molar-refractivity contribution in [1.82, 2.24) is 24.6 Å². The fourth-order valence-corrected chi connectivity index (χ4v) is 4.97. The molecule has 0 bridgehead atoms. The monoisotopic (exact) mass is 383 g/mol. The van der Waals surface area contributed by atoms with E-state index in [0.29, 0.717) is 6.54 Å². The van der Waals surface area contributed by atoms with Crippen molar-refractivity contribution in [3.05, 3.63) is 40.5 Å². The number of hydrogen-bond acceptors (Lipinski definition) is 3. The molecule has 0 saturated heterocycles. The summed E-state index contributed by atoms with van der Waals surface area (Å²) >= 11 is 0. The highest BCUT2D eigenvalue weighted by Crippen LogP contribution is 2.26. The van der Waals surface area contributed by atoms with Gasteiger partial charge in [-0.05, 0) is 45.7 Å². The fraction of sp³-hybridized carbons (Fsp3) is 0.636. The second-order valence-electron chi connectivity index (χ2n) is 8.32. The zero-order chi connectivity index (χ0) is 19.7. The SMILES string of the molecule is CCn1c(C)cc(C(=O)NCc2cc3n(n2)CCN(C2CCCCC2)C3)c1C. The van der Waals surface area contributed by atoms with Gasteiger partial charge in [-0.25, -0.2) is 0 Å². The van der Waals surface area contributed by atoms with Crippen molar-refractivity contribution >= 4 is 5.91 Å². The van der Waals surface area contributed by atoms with Gasteiger partial charge in [-0.15, -0.1) is 0 Å². The lowest BCUT2D eigenvalue weighted by atomic mass is 9.94. The van der Waals surface area contributed by atoms with Gasteiger partial charge in [0.15, 0.2) is 0 Å². The van der Waals surface area contributed by atoms with Gasteiger partial charge in [-0.1, -0.05) is 19.3 Å². The molecule has 2 aliphatic rings. The number of fused-ring (bicyclic) bond motifs is 1. The summed E-state index contributed by atoms with van der Waals surface area (Å²) in [6, 6.07) is 4.90. The Hall–Kier alpha value is -2.08. The van der Waals surface area contributed by atoms with E-state index in [1.807, 2.05) is 13.0 Å². The van der Waals surface area contributed by atoms with Gasteiger partial charge < -0.3 is 9.88 Å². The highest BCUT2D eigenvalue weighted by atomic mass is 16.1. The van der Waals surface area contributed by atoms with Crippen LogP contribution in [0.2, 0.25) is 0 Å².